The fourth-order valence-electron chi connectivity index (χ4n) is 2.26. The van der Waals surface area contributed by atoms with Crippen molar-refractivity contribution in [3.8, 4) is 11.5 Å². The van der Waals surface area contributed by atoms with E-state index in [1.165, 1.54) is 20.1 Å². The molecule has 6 nitrogen and oxygen atoms in total. The van der Waals surface area contributed by atoms with Gasteiger partial charge in [-0.25, -0.2) is 4.79 Å². The largest absolute Gasteiger partial charge is 0.497 e. The second-order valence-corrected chi connectivity index (χ2v) is 5.88. The molecule has 2 aromatic rings. The van der Waals surface area contributed by atoms with Crippen molar-refractivity contribution in [3.63, 3.8) is 0 Å². The predicted octanol–water partition coefficient (Wildman–Crippen LogP) is 3.60. The molecule has 142 valence electrons. The summed E-state index contributed by atoms with van der Waals surface area (Å²) in [5.41, 5.74) is 2.42. The zero-order valence-electron chi connectivity index (χ0n) is 15.8. The zero-order valence-corrected chi connectivity index (χ0v) is 15.8. The van der Waals surface area contributed by atoms with Crippen molar-refractivity contribution in [1.82, 2.24) is 0 Å². The maximum atomic E-state index is 12.1. The molecule has 0 aromatic heterocycles. The number of amides is 1. The maximum absolute atomic E-state index is 12.1. The van der Waals surface area contributed by atoms with E-state index < -0.39 is 18.0 Å². The van der Waals surface area contributed by atoms with Gasteiger partial charge in [0, 0.05) is 23.4 Å². The van der Waals surface area contributed by atoms with Crippen LogP contribution in [0.5, 0.6) is 11.5 Å². The quantitative estimate of drug-likeness (QED) is 0.596. The van der Waals surface area contributed by atoms with Crippen LogP contribution in [0.4, 0.5) is 5.69 Å². The average molecular weight is 369 g/mol. The Hall–Kier alpha value is -3.28. The number of rotatable bonds is 7. The van der Waals surface area contributed by atoms with Gasteiger partial charge in [0.15, 0.2) is 6.10 Å². The predicted molar refractivity (Wildman–Crippen MR) is 104 cm³/mol. The number of aryl methyl sites for hydroxylation is 1. The van der Waals surface area contributed by atoms with Gasteiger partial charge in [-0.2, -0.15) is 0 Å². The first-order chi connectivity index (χ1) is 12.9. The van der Waals surface area contributed by atoms with Crippen LogP contribution in [0.15, 0.2) is 48.5 Å². The van der Waals surface area contributed by atoms with Crippen molar-refractivity contribution < 1.29 is 23.8 Å². The topological polar surface area (TPSA) is 73.9 Å². The molecule has 0 heterocycles. The van der Waals surface area contributed by atoms with Crippen molar-refractivity contribution in [2.75, 3.05) is 19.5 Å². The number of nitrogens with one attached hydrogen (secondary N) is 1. The molecule has 0 fully saturated rings. The third-order valence-electron chi connectivity index (χ3n) is 3.82. The monoisotopic (exact) mass is 369 g/mol. The molecule has 1 atom stereocenters. The van der Waals surface area contributed by atoms with E-state index in [1.54, 1.807) is 43.5 Å². The van der Waals surface area contributed by atoms with Crippen LogP contribution in [0.2, 0.25) is 0 Å². The number of carbonyl (C=O) groups is 2. The average Bonchev–Trinajstić information content (AvgIpc) is 2.67. The molecule has 0 aliphatic rings. The third-order valence-corrected chi connectivity index (χ3v) is 3.82. The third kappa shape index (κ3) is 5.88. The first-order valence-electron chi connectivity index (χ1n) is 8.41. The fourth-order valence-corrected chi connectivity index (χ4v) is 2.26. The van der Waals surface area contributed by atoms with E-state index in [-0.39, 0.29) is 0 Å². The van der Waals surface area contributed by atoms with Gasteiger partial charge in [-0.3, -0.25) is 4.79 Å². The Labute approximate surface area is 158 Å². The fraction of sp³-hybridized carbons (Fsp3) is 0.238. The molecular formula is C21H23NO5. The summed E-state index contributed by atoms with van der Waals surface area (Å²) >= 11 is 0. The number of hydrogen-bond acceptors (Lipinski definition) is 5. The number of benzene rings is 2. The zero-order chi connectivity index (χ0) is 19.8. The SMILES string of the molecule is COc1ccc(/C=C/C(=O)OC(C)C(=O)Nc2ccc(C)cc2)c(OC)c1. The van der Waals surface area contributed by atoms with E-state index in [1.807, 2.05) is 19.1 Å². The molecule has 1 N–H and O–H groups in total. The van der Waals surface area contributed by atoms with Crippen molar-refractivity contribution in [1.29, 1.82) is 0 Å². The Morgan fingerprint density at radius 3 is 2.37 bits per heavy atom. The summed E-state index contributed by atoms with van der Waals surface area (Å²) in [5, 5.41) is 2.70. The lowest BCUT2D eigenvalue weighted by molar-refractivity contribution is -0.148. The molecular weight excluding hydrogens is 346 g/mol. The van der Waals surface area contributed by atoms with Crippen molar-refractivity contribution in [2.45, 2.75) is 20.0 Å². The molecule has 0 spiro atoms. The summed E-state index contributed by atoms with van der Waals surface area (Å²) in [6.45, 7) is 3.48. The van der Waals surface area contributed by atoms with Gasteiger partial charge in [0.2, 0.25) is 0 Å². The van der Waals surface area contributed by atoms with Crippen LogP contribution in [0, 0.1) is 6.92 Å². The Kier molecular flexibility index (Phi) is 7.00. The van der Waals surface area contributed by atoms with Crippen LogP contribution < -0.4 is 14.8 Å². The number of esters is 1. The highest BCUT2D eigenvalue weighted by molar-refractivity contribution is 5.96. The van der Waals surface area contributed by atoms with Gasteiger partial charge in [-0.15, -0.1) is 0 Å². The van der Waals surface area contributed by atoms with Crippen LogP contribution >= 0.6 is 0 Å². The van der Waals surface area contributed by atoms with Crippen molar-refractivity contribution >= 4 is 23.6 Å². The van der Waals surface area contributed by atoms with E-state index in [4.69, 9.17) is 14.2 Å². The van der Waals surface area contributed by atoms with E-state index in [9.17, 15) is 9.59 Å². The first-order valence-corrected chi connectivity index (χ1v) is 8.41. The van der Waals surface area contributed by atoms with Gasteiger partial charge in [0.05, 0.1) is 14.2 Å². The van der Waals surface area contributed by atoms with Crippen LogP contribution in [-0.4, -0.2) is 32.2 Å². The molecule has 6 heteroatoms. The lowest BCUT2D eigenvalue weighted by Gasteiger charge is -2.12. The molecule has 2 rings (SSSR count). The number of methoxy groups -OCH3 is 2. The maximum Gasteiger partial charge on any atom is 0.331 e. The van der Waals surface area contributed by atoms with Gasteiger partial charge >= 0.3 is 5.97 Å². The van der Waals surface area contributed by atoms with E-state index >= 15 is 0 Å². The van der Waals surface area contributed by atoms with Crippen LogP contribution in [0.3, 0.4) is 0 Å². The van der Waals surface area contributed by atoms with Gasteiger partial charge in [0.1, 0.15) is 11.5 Å². The highest BCUT2D eigenvalue weighted by Gasteiger charge is 2.16. The Morgan fingerprint density at radius 1 is 1.04 bits per heavy atom. The molecule has 1 amide bonds. The van der Waals surface area contributed by atoms with Crippen LogP contribution in [0.25, 0.3) is 6.08 Å². The Balaban J connectivity index is 1.95. The second-order valence-electron chi connectivity index (χ2n) is 5.88. The molecule has 2 aromatic carbocycles. The molecule has 0 aliphatic carbocycles. The van der Waals surface area contributed by atoms with Gasteiger partial charge in [0.25, 0.3) is 5.91 Å². The molecule has 0 saturated heterocycles. The molecule has 0 saturated carbocycles. The van der Waals surface area contributed by atoms with Crippen molar-refractivity contribution in [3.05, 3.63) is 59.7 Å². The van der Waals surface area contributed by atoms with Crippen LogP contribution in [0.1, 0.15) is 18.1 Å². The highest BCUT2D eigenvalue weighted by atomic mass is 16.5. The van der Waals surface area contributed by atoms with Gasteiger partial charge in [-0.1, -0.05) is 17.7 Å². The summed E-state index contributed by atoms with van der Waals surface area (Å²) in [6, 6.07) is 12.6. The van der Waals surface area contributed by atoms with E-state index in [2.05, 4.69) is 5.32 Å². The standard InChI is InChI=1S/C21H23NO5/c1-14-5-9-17(10-6-14)22-21(24)15(2)27-20(23)12-8-16-7-11-18(25-3)13-19(16)26-4/h5-13,15H,1-4H3,(H,22,24)/b12-8+. The summed E-state index contributed by atoms with van der Waals surface area (Å²) in [6.07, 6.45) is 1.88. The normalized spacial score (nSPS) is 11.7. The number of anilines is 1. The minimum absolute atomic E-state index is 0.400. The summed E-state index contributed by atoms with van der Waals surface area (Å²) in [7, 11) is 3.09. The van der Waals surface area contributed by atoms with Gasteiger partial charge in [-0.05, 0) is 44.2 Å². The van der Waals surface area contributed by atoms with Crippen molar-refractivity contribution in [2.24, 2.45) is 0 Å². The molecule has 0 aliphatic heterocycles. The second kappa shape index (κ2) is 9.43. The molecule has 27 heavy (non-hydrogen) atoms. The molecule has 0 radical (unpaired) electrons. The van der Waals surface area contributed by atoms with E-state index in [0.717, 1.165) is 5.56 Å². The first kappa shape index (κ1) is 20.0. The summed E-state index contributed by atoms with van der Waals surface area (Å²) < 4.78 is 15.5. The summed E-state index contributed by atoms with van der Waals surface area (Å²) in [4.78, 5) is 24.1. The van der Waals surface area contributed by atoms with Gasteiger partial charge < -0.3 is 19.5 Å². The number of hydrogen-bond donors (Lipinski definition) is 1. The van der Waals surface area contributed by atoms with Crippen LogP contribution in [-0.2, 0) is 14.3 Å². The smallest absolute Gasteiger partial charge is 0.331 e. The Bertz CT molecular complexity index is 827. The number of ether oxygens (including phenoxy) is 3. The lowest BCUT2D eigenvalue weighted by atomic mass is 10.1. The minimum atomic E-state index is -0.929. The summed E-state index contributed by atoms with van der Waals surface area (Å²) in [5.74, 6) is 0.179. The highest BCUT2D eigenvalue weighted by Crippen LogP contribution is 2.25. The molecule has 0 bridgehead atoms. The minimum Gasteiger partial charge on any atom is -0.497 e. The molecule has 1 unspecified atom stereocenters. The Morgan fingerprint density at radius 2 is 1.74 bits per heavy atom. The number of carbonyl (C=O) groups excluding carboxylic acids is 2. The lowest BCUT2D eigenvalue weighted by Crippen LogP contribution is -2.29. The van der Waals surface area contributed by atoms with E-state index in [0.29, 0.717) is 22.7 Å².